The van der Waals surface area contributed by atoms with Crippen LogP contribution in [0.25, 0.3) is 5.69 Å². The summed E-state index contributed by atoms with van der Waals surface area (Å²) in [5.41, 5.74) is 2.30. The van der Waals surface area contributed by atoms with Crippen molar-refractivity contribution >= 4 is 24.0 Å². The van der Waals surface area contributed by atoms with Crippen LogP contribution in [0.4, 0.5) is 0 Å². The number of halogens is 2. The van der Waals surface area contributed by atoms with Crippen molar-refractivity contribution in [3.63, 3.8) is 0 Å². The minimum absolute atomic E-state index is 0. The van der Waals surface area contributed by atoms with Gasteiger partial charge in [0, 0.05) is 29.7 Å². The van der Waals surface area contributed by atoms with Gasteiger partial charge in [-0.15, -0.1) is 22.6 Å². The van der Waals surface area contributed by atoms with E-state index in [0.29, 0.717) is 18.3 Å². The molecule has 0 atom stereocenters. The van der Waals surface area contributed by atoms with Crippen LogP contribution in [0.1, 0.15) is 48.8 Å². The van der Waals surface area contributed by atoms with Crippen LogP contribution in [0.2, 0.25) is 5.02 Å². The van der Waals surface area contributed by atoms with Crippen molar-refractivity contribution in [3.8, 4) is 11.6 Å². The molecule has 1 fully saturated rings. The topological polar surface area (TPSA) is 77.8 Å². The number of aromatic nitrogens is 5. The van der Waals surface area contributed by atoms with E-state index in [1.807, 2.05) is 12.1 Å². The van der Waals surface area contributed by atoms with Gasteiger partial charge in [-0.25, -0.2) is 9.97 Å². The number of nitrogens with one attached hydrogen (secondary N) is 1. The molecule has 0 radical (unpaired) electrons. The Morgan fingerprint density at radius 2 is 1.93 bits per heavy atom. The zero-order chi connectivity index (χ0) is 18.9. The number of fused-ring (bicyclic) bond motifs is 3. The maximum atomic E-state index is 6.21. The van der Waals surface area contributed by atoms with E-state index in [4.69, 9.17) is 16.3 Å². The number of rotatable bonds is 3. The standard InChI is InChI=1S/C20H21ClN6O.ClH/c21-15-3-6-17-14(9-15)10-23-11-18-25-26-20(27(17)18)13-1-4-16(5-2-13)28-19-7-8-22-12-24-19;/h3,6-9,12-13,16,23H,1-2,4-5,10-11H2;1H/t13-,16-;. The van der Waals surface area contributed by atoms with Crippen molar-refractivity contribution in [2.24, 2.45) is 0 Å². The largest absolute Gasteiger partial charge is 0.474 e. The van der Waals surface area contributed by atoms with Crippen molar-refractivity contribution in [2.75, 3.05) is 0 Å². The molecule has 0 unspecified atom stereocenters. The van der Waals surface area contributed by atoms with E-state index in [-0.39, 0.29) is 18.5 Å². The van der Waals surface area contributed by atoms with Crippen LogP contribution in [0.5, 0.6) is 5.88 Å². The first-order chi connectivity index (χ1) is 13.8. The number of ether oxygens (including phenoxy) is 1. The number of hydrogen-bond acceptors (Lipinski definition) is 6. The van der Waals surface area contributed by atoms with Crippen LogP contribution in [0.3, 0.4) is 0 Å². The van der Waals surface area contributed by atoms with E-state index in [0.717, 1.165) is 54.6 Å². The fourth-order valence-corrected chi connectivity index (χ4v) is 4.35. The summed E-state index contributed by atoms with van der Waals surface area (Å²) in [6.45, 7) is 1.48. The lowest BCUT2D eigenvalue weighted by molar-refractivity contribution is 0.138. The quantitative estimate of drug-likeness (QED) is 0.677. The molecule has 0 bridgehead atoms. The second kappa shape index (κ2) is 8.65. The van der Waals surface area contributed by atoms with Gasteiger partial charge in [-0.1, -0.05) is 11.6 Å². The normalized spacial score (nSPS) is 20.7. The Kier molecular flexibility index (Phi) is 5.99. The second-order valence-corrected chi connectivity index (χ2v) is 7.76. The highest BCUT2D eigenvalue weighted by Crippen LogP contribution is 2.36. The summed E-state index contributed by atoms with van der Waals surface area (Å²) in [4.78, 5) is 8.10. The van der Waals surface area contributed by atoms with Crippen LogP contribution >= 0.6 is 24.0 Å². The van der Waals surface area contributed by atoms with Crippen LogP contribution in [0.15, 0.2) is 36.8 Å². The number of nitrogens with zero attached hydrogens (tertiary/aromatic N) is 5. The Morgan fingerprint density at radius 3 is 2.72 bits per heavy atom. The zero-order valence-corrected chi connectivity index (χ0v) is 17.4. The summed E-state index contributed by atoms with van der Waals surface area (Å²) in [5.74, 6) is 3.01. The fraction of sp³-hybridized carbons (Fsp3) is 0.400. The molecule has 2 aromatic heterocycles. The van der Waals surface area contributed by atoms with Crippen molar-refractivity contribution in [1.82, 2.24) is 30.0 Å². The first-order valence-electron chi connectivity index (χ1n) is 9.64. The average molecular weight is 433 g/mol. The molecule has 152 valence electrons. The molecule has 1 aliphatic carbocycles. The molecule has 1 saturated carbocycles. The predicted molar refractivity (Wildman–Crippen MR) is 112 cm³/mol. The Labute approximate surface area is 180 Å². The van der Waals surface area contributed by atoms with Crippen LogP contribution in [0, 0.1) is 0 Å². The van der Waals surface area contributed by atoms with Gasteiger partial charge >= 0.3 is 0 Å². The van der Waals surface area contributed by atoms with Crippen LogP contribution < -0.4 is 10.1 Å². The van der Waals surface area contributed by atoms with Gasteiger partial charge in [0.05, 0.1) is 12.2 Å². The van der Waals surface area contributed by atoms with Crippen LogP contribution in [-0.4, -0.2) is 30.8 Å². The summed E-state index contributed by atoms with van der Waals surface area (Å²) in [6, 6.07) is 7.84. The second-order valence-electron chi connectivity index (χ2n) is 7.33. The molecule has 29 heavy (non-hydrogen) atoms. The van der Waals surface area contributed by atoms with E-state index in [2.05, 4.69) is 36.1 Å². The van der Waals surface area contributed by atoms with E-state index >= 15 is 0 Å². The zero-order valence-electron chi connectivity index (χ0n) is 15.8. The van der Waals surface area contributed by atoms with Gasteiger partial charge in [-0.2, -0.15) is 0 Å². The van der Waals surface area contributed by atoms with Crippen LogP contribution in [-0.2, 0) is 13.1 Å². The molecule has 0 saturated heterocycles. The van der Waals surface area contributed by atoms with E-state index in [9.17, 15) is 0 Å². The predicted octanol–water partition coefficient (Wildman–Crippen LogP) is 3.84. The third kappa shape index (κ3) is 4.08. The van der Waals surface area contributed by atoms with Crippen molar-refractivity contribution in [3.05, 3.63) is 59.0 Å². The molecular weight excluding hydrogens is 411 g/mol. The third-order valence-corrected chi connectivity index (χ3v) is 5.75. The highest BCUT2D eigenvalue weighted by molar-refractivity contribution is 6.30. The molecule has 1 aromatic carbocycles. The molecule has 9 heteroatoms. The SMILES string of the molecule is Cl.Clc1ccc2c(c1)CNCc1nnc([C@H]3CC[C@H](Oc4ccncn4)CC3)n1-2. The summed E-state index contributed by atoms with van der Waals surface area (Å²) in [5, 5.41) is 13.2. The lowest BCUT2D eigenvalue weighted by Gasteiger charge is -2.28. The minimum atomic E-state index is 0. The molecule has 1 N–H and O–H groups in total. The monoisotopic (exact) mass is 432 g/mol. The molecule has 3 aromatic rings. The molecule has 1 aliphatic heterocycles. The Bertz CT molecular complexity index is 972. The van der Waals surface area contributed by atoms with Gasteiger partial charge in [0.25, 0.3) is 0 Å². The number of benzene rings is 1. The minimum Gasteiger partial charge on any atom is -0.474 e. The summed E-state index contributed by atoms with van der Waals surface area (Å²) >= 11 is 6.21. The van der Waals surface area contributed by atoms with E-state index < -0.39 is 0 Å². The highest BCUT2D eigenvalue weighted by Gasteiger charge is 2.30. The molecule has 0 amide bonds. The van der Waals surface area contributed by atoms with Gasteiger partial charge in [0.2, 0.25) is 5.88 Å². The molecule has 2 aliphatic rings. The molecule has 3 heterocycles. The van der Waals surface area contributed by atoms with Gasteiger partial charge in [-0.3, -0.25) is 4.57 Å². The van der Waals surface area contributed by atoms with Crippen molar-refractivity contribution in [2.45, 2.75) is 50.8 Å². The lowest BCUT2D eigenvalue weighted by atomic mass is 9.86. The molecule has 0 spiro atoms. The average Bonchev–Trinajstić information content (AvgIpc) is 3.05. The first kappa shape index (κ1) is 20.1. The summed E-state index contributed by atoms with van der Waals surface area (Å²) in [6.07, 6.45) is 7.39. The molecule has 5 rings (SSSR count). The van der Waals surface area contributed by atoms with Gasteiger partial charge in [0.15, 0.2) is 5.82 Å². The van der Waals surface area contributed by atoms with Crippen molar-refractivity contribution in [1.29, 1.82) is 0 Å². The summed E-state index contributed by atoms with van der Waals surface area (Å²) < 4.78 is 8.23. The molecule has 7 nitrogen and oxygen atoms in total. The Hall–Kier alpha value is -2.22. The maximum Gasteiger partial charge on any atom is 0.216 e. The first-order valence-corrected chi connectivity index (χ1v) is 10.0. The van der Waals surface area contributed by atoms with Gasteiger partial charge in [-0.05, 0) is 49.4 Å². The summed E-state index contributed by atoms with van der Waals surface area (Å²) in [7, 11) is 0. The van der Waals surface area contributed by atoms with E-state index in [1.165, 1.54) is 11.9 Å². The maximum absolute atomic E-state index is 6.21. The molecular formula is C20H22Cl2N6O. The third-order valence-electron chi connectivity index (χ3n) is 5.52. The number of hydrogen-bond donors (Lipinski definition) is 1. The van der Waals surface area contributed by atoms with Gasteiger partial charge in [0.1, 0.15) is 18.3 Å². The van der Waals surface area contributed by atoms with E-state index in [1.54, 1.807) is 12.3 Å². The Morgan fingerprint density at radius 1 is 1.07 bits per heavy atom. The lowest BCUT2D eigenvalue weighted by Crippen LogP contribution is -2.25. The fourth-order valence-electron chi connectivity index (χ4n) is 4.15. The smallest absolute Gasteiger partial charge is 0.216 e. The Balaban J connectivity index is 0.00000205. The van der Waals surface area contributed by atoms with Crippen molar-refractivity contribution < 1.29 is 4.74 Å². The highest BCUT2D eigenvalue weighted by atomic mass is 35.5. The van der Waals surface area contributed by atoms with Gasteiger partial charge < -0.3 is 10.1 Å².